The first-order valence-corrected chi connectivity index (χ1v) is 4.69. The summed E-state index contributed by atoms with van der Waals surface area (Å²) in [6.45, 7) is 0.821. The predicted octanol–water partition coefficient (Wildman–Crippen LogP) is 1.81. The van der Waals surface area contributed by atoms with Gasteiger partial charge in [-0.15, -0.1) is 0 Å². The molecule has 1 fully saturated rings. The number of nitrogens with zero attached hydrogens (tertiary/aromatic N) is 1. The second-order valence-electron chi connectivity index (χ2n) is 3.43. The lowest BCUT2D eigenvalue weighted by Gasteiger charge is -1.99. The van der Waals surface area contributed by atoms with Crippen LogP contribution < -0.4 is 0 Å². The molecule has 0 aromatic carbocycles. The molecule has 88 valence electrons. The smallest absolute Gasteiger partial charge is 0.374 e. The van der Waals surface area contributed by atoms with Crippen molar-refractivity contribution in [2.45, 2.75) is 18.8 Å². The lowest BCUT2D eigenvalue weighted by atomic mass is 10.1. The molecule has 1 aliphatic rings. The Hall–Kier alpha value is -1.50. The van der Waals surface area contributed by atoms with Crippen LogP contribution in [0.3, 0.4) is 0 Å². The van der Waals surface area contributed by atoms with Crippen LogP contribution >= 0.6 is 0 Å². The fraction of sp³-hybridized carbons (Fsp3) is 0.556. The molecule has 16 heavy (non-hydrogen) atoms. The number of carboxylic acid groups (broad SMARTS) is 1. The molecule has 7 heteroatoms. The van der Waals surface area contributed by atoms with E-state index in [-0.39, 0.29) is 11.8 Å². The van der Waals surface area contributed by atoms with Gasteiger partial charge in [0.05, 0.1) is 12.5 Å². The molecule has 0 radical (unpaired) electrons. The van der Waals surface area contributed by atoms with Gasteiger partial charge in [-0.2, -0.15) is 0 Å². The number of hydrogen-bond donors (Lipinski definition) is 1. The van der Waals surface area contributed by atoms with Crippen LogP contribution in [-0.4, -0.2) is 29.3 Å². The quantitative estimate of drug-likeness (QED) is 0.861. The number of alkyl halides is 2. The lowest BCUT2D eigenvalue weighted by Crippen LogP contribution is -2.00. The largest absolute Gasteiger partial charge is 0.475 e. The van der Waals surface area contributed by atoms with Gasteiger partial charge in [-0.25, -0.2) is 18.6 Å². The van der Waals surface area contributed by atoms with Gasteiger partial charge in [0.2, 0.25) is 11.7 Å². The first-order valence-electron chi connectivity index (χ1n) is 4.69. The topological polar surface area (TPSA) is 72.6 Å². The van der Waals surface area contributed by atoms with Crippen LogP contribution in [-0.2, 0) is 4.74 Å². The summed E-state index contributed by atoms with van der Waals surface area (Å²) < 4.78 is 34.8. The molecule has 0 aliphatic carbocycles. The summed E-state index contributed by atoms with van der Waals surface area (Å²) in [6, 6.07) is 0. The molecule has 2 rings (SSSR count). The zero-order chi connectivity index (χ0) is 11.7. The Morgan fingerprint density at radius 2 is 2.31 bits per heavy atom. The number of aromatic carboxylic acids is 1. The summed E-state index contributed by atoms with van der Waals surface area (Å²) in [5.41, 5.74) is -0.811. The van der Waals surface area contributed by atoms with Crippen molar-refractivity contribution in [3.63, 3.8) is 0 Å². The van der Waals surface area contributed by atoms with Crippen LogP contribution in [0.15, 0.2) is 4.42 Å². The zero-order valence-corrected chi connectivity index (χ0v) is 8.15. The molecule has 1 aliphatic heterocycles. The first kappa shape index (κ1) is 11.0. The number of hydrogen-bond acceptors (Lipinski definition) is 4. The summed E-state index contributed by atoms with van der Waals surface area (Å²) >= 11 is 0. The Balaban J connectivity index is 2.34. The van der Waals surface area contributed by atoms with Gasteiger partial charge in [-0.3, -0.25) is 0 Å². The number of carboxylic acids is 1. The van der Waals surface area contributed by atoms with Gasteiger partial charge < -0.3 is 14.3 Å². The molecule has 1 aromatic rings. The Kier molecular flexibility index (Phi) is 2.86. The predicted molar refractivity (Wildman–Crippen MR) is 46.6 cm³/mol. The van der Waals surface area contributed by atoms with Crippen molar-refractivity contribution >= 4 is 5.97 Å². The maximum atomic E-state index is 12.5. The van der Waals surface area contributed by atoms with Gasteiger partial charge in [-0.1, -0.05) is 0 Å². The van der Waals surface area contributed by atoms with E-state index in [1.54, 1.807) is 0 Å². The van der Waals surface area contributed by atoms with Gasteiger partial charge >= 0.3 is 5.97 Å². The fourth-order valence-electron chi connectivity index (χ4n) is 1.55. The SMILES string of the molecule is O=C(O)c1oc(C2CCOC2)nc1C(F)F. The average Bonchev–Trinajstić information content (AvgIpc) is 2.86. The van der Waals surface area contributed by atoms with Crippen LogP contribution in [0.4, 0.5) is 8.78 Å². The van der Waals surface area contributed by atoms with Crippen molar-refractivity contribution in [3.05, 3.63) is 17.3 Å². The highest BCUT2D eigenvalue weighted by atomic mass is 19.3. The summed E-state index contributed by atoms with van der Waals surface area (Å²) in [4.78, 5) is 14.2. The number of aromatic nitrogens is 1. The highest BCUT2D eigenvalue weighted by Gasteiger charge is 2.30. The van der Waals surface area contributed by atoms with Gasteiger partial charge in [0, 0.05) is 6.61 Å². The molecule has 0 amide bonds. The molecule has 1 N–H and O–H groups in total. The van der Waals surface area contributed by atoms with E-state index in [1.165, 1.54) is 0 Å². The van der Waals surface area contributed by atoms with Gasteiger partial charge in [0.15, 0.2) is 5.69 Å². The Labute approximate surface area is 89.0 Å². The van der Waals surface area contributed by atoms with E-state index in [4.69, 9.17) is 14.3 Å². The van der Waals surface area contributed by atoms with E-state index in [9.17, 15) is 13.6 Å². The first-order chi connectivity index (χ1) is 7.59. The highest BCUT2D eigenvalue weighted by Crippen LogP contribution is 2.30. The molecule has 1 atom stereocenters. The molecule has 0 spiro atoms. The fourth-order valence-corrected chi connectivity index (χ4v) is 1.55. The minimum absolute atomic E-state index is 0.0187. The number of carbonyl (C=O) groups is 1. The second-order valence-corrected chi connectivity index (χ2v) is 3.43. The maximum Gasteiger partial charge on any atom is 0.374 e. The summed E-state index contributed by atoms with van der Waals surface area (Å²) in [6.07, 6.45) is -2.35. The molecule has 0 bridgehead atoms. The van der Waals surface area contributed by atoms with Crippen molar-refractivity contribution in [2.24, 2.45) is 0 Å². The Morgan fingerprint density at radius 1 is 1.56 bits per heavy atom. The summed E-state index contributed by atoms with van der Waals surface area (Å²) in [7, 11) is 0. The van der Waals surface area contributed by atoms with Crippen molar-refractivity contribution in [1.82, 2.24) is 4.98 Å². The van der Waals surface area contributed by atoms with Crippen molar-refractivity contribution in [3.8, 4) is 0 Å². The second kappa shape index (κ2) is 4.17. The minimum atomic E-state index is -2.95. The molecular weight excluding hydrogens is 224 g/mol. The maximum absolute atomic E-state index is 12.5. The summed E-state index contributed by atoms with van der Waals surface area (Å²) in [5.74, 6) is -2.53. The van der Waals surface area contributed by atoms with E-state index < -0.39 is 23.8 Å². The molecule has 1 saturated heterocycles. The molecule has 1 aromatic heterocycles. The highest BCUT2D eigenvalue weighted by molar-refractivity contribution is 5.85. The van der Waals surface area contributed by atoms with E-state index in [0.717, 1.165) is 0 Å². The van der Waals surface area contributed by atoms with Crippen LogP contribution in [0.2, 0.25) is 0 Å². The molecule has 1 unspecified atom stereocenters. The zero-order valence-electron chi connectivity index (χ0n) is 8.15. The average molecular weight is 233 g/mol. The minimum Gasteiger partial charge on any atom is -0.475 e. The monoisotopic (exact) mass is 233 g/mol. The third-order valence-electron chi connectivity index (χ3n) is 2.35. The van der Waals surface area contributed by atoms with Crippen LogP contribution in [0.5, 0.6) is 0 Å². The van der Waals surface area contributed by atoms with E-state index in [1.807, 2.05) is 0 Å². The van der Waals surface area contributed by atoms with Gasteiger partial charge in [0.25, 0.3) is 6.43 Å². The van der Waals surface area contributed by atoms with Crippen molar-refractivity contribution in [2.75, 3.05) is 13.2 Å². The van der Waals surface area contributed by atoms with Crippen molar-refractivity contribution in [1.29, 1.82) is 0 Å². The van der Waals surface area contributed by atoms with Crippen LogP contribution in [0.1, 0.15) is 40.9 Å². The number of rotatable bonds is 3. The summed E-state index contributed by atoms with van der Waals surface area (Å²) in [5, 5.41) is 8.67. The molecule has 2 heterocycles. The van der Waals surface area contributed by atoms with Crippen LogP contribution in [0, 0.1) is 0 Å². The Morgan fingerprint density at radius 3 is 2.75 bits per heavy atom. The molecule has 5 nitrogen and oxygen atoms in total. The number of ether oxygens (including phenoxy) is 1. The third kappa shape index (κ3) is 1.90. The standard InChI is InChI=1S/C9H9F2NO4/c10-7(11)5-6(9(13)14)16-8(12-5)4-1-2-15-3-4/h4,7H,1-3H2,(H,13,14). The Bertz CT molecular complexity index is 398. The molecule has 0 saturated carbocycles. The van der Waals surface area contributed by atoms with Crippen molar-refractivity contribution < 1.29 is 27.8 Å². The van der Waals surface area contributed by atoms with Crippen LogP contribution in [0.25, 0.3) is 0 Å². The van der Waals surface area contributed by atoms with Gasteiger partial charge in [0.1, 0.15) is 0 Å². The lowest BCUT2D eigenvalue weighted by molar-refractivity contribution is 0.0643. The third-order valence-corrected chi connectivity index (χ3v) is 2.35. The number of halogens is 2. The van der Waals surface area contributed by atoms with E-state index >= 15 is 0 Å². The van der Waals surface area contributed by atoms with E-state index in [0.29, 0.717) is 19.6 Å². The normalized spacial score (nSPS) is 20.6. The number of oxazole rings is 1. The van der Waals surface area contributed by atoms with Gasteiger partial charge in [-0.05, 0) is 6.42 Å². The molecular formula is C9H9F2NO4. The van der Waals surface area contributed by atoms with E-state index in [2.05, 4.69) is 4.98 Å².